The van der Waals surface area contributed by atoms with Crippen molar-refractivity contribution in [1.29, 1.82) is 0 Å². The molecule has 98 valence electrons. The highest BCUT2D eigenvalue weighted by Gasteiger charge is 2.19. The standard InChI is InChI=1S/C14H19NO2S/c15-12(8-18-11-3-1-2-4-11)10-5-6-13-14(7-10)17-9-16-13/h5-7,11-12H,1-4,8-9,15H2. The fourth-order valence-electron chi connectivity index (χ4n) is 2.53. The van der Waals surface area contributed by atoms with E-state index >= 15 is 0 Å². The zero-order valence-corrected chi connectivity index (χ0v) is 11.2. The molecule has 1 aromatic carbocycles. The summed E-state index contributed by atoms with van der Waals surface area (Å²) in [5, 5.41) is 0.824. The van der Waals surface area contributed by atoms with Gasteiger partial charge in [-0.25, -0.2) is 0 Å². The summed E-state index contributed by atoms with van der Waals surface area (Å²) in [5.41, 5.74) is 7.39. The third kappa shape index (κ3) is 2.59. The number of nitrogens with two attached hydrogens (primary N) is 1. The number of benzene rings is 1. The van der Waals surface area contributed by atoms with Gasteiger partial charge in [0.15, 0.2) is 11.5 Å². The van der Waals surface area contributed by atoms with Gasteiger partial charge in [0.1, 0.15) is 0 Å². The van der Waals surface area contributed by atoms with Crippen molar-refractivity contribution in [2.45, 2.75) is 37.0 Å². The Morgan fingerprint density at radius 3 is 2.83 bits per heavy atom. The fraction of sp³-hybridized carbons (Fsp3) is 0.571. The van der Waals surface area contributed by atoms with Crippen LogP contribution in [-0.4, -0.2) is 17.8 Å². The van der Waals surface area contributed by atoms with E-state index in [0.29, 0.717) is 6.79 Å². The summed E-state index contributed by atoms with van der Waals surface area (Å²) in [7, 11) is 0. The molecular formula is C14H19NO2S. The molecule has 0 bridgehead atoms. The Morgan fingerprint density at radius 1 is 1.22 bits per heavy atom. The molecule has 18 heavy (non-hydrogen) atoms. The quantitative estimate of drug-likeness (QED) is 0.908. The average Bonchev–Trinajstić information content (AvgIpc) is 3.05. The van der Waals surface area contributed by atoms with Crippen LogP contribution in [0.1, 0.15) is 37.3 Å². The molecule has 0 saturated heterocycles. The monoisotopic (exact) mass is 265 g/mol. The Hall–Kier alpha value is -0.870. The van der Waals surface area contributed by atoms with Crippen molar-refractivity contribution in [2.75, 3.05) is 12.5 Å². The summed E-state index contributed by atoms with van der Waals surface area (Å²) in [6.07, 6.45) is 5.49. The van der Waals surface area contributed by atoms with Gasteiger partial charge in [-0.1, -0.05) is 18.9 Å². The van der Waals surface area contributed by atoms with Gasteiger partial charge in [0, 0.05) is 17.0 Å². The molecule has 0 radical (unpaired) electrons. The maximum Gasteiger partial charge on any atom is 0.231 e. The second-order valence-electron chi connectivity index (χ2n) is 4.96. The molecule has 2 aliphatic rings. The lowest BCUT2D eigenvalue weighted by molar-refractivity contribution is 0.174. The van der Waals surface area contributed by atoms with Gasteiger partial charge < -0.3 is 15.2 Å². The second-order valence-corrected chi connectivity index (χ2v) is 6.29. The predicted molar refractivity (Wildman–Crippen MR) is 74.2 cm³/mol. The predicted octanol–water partition coefficient (Wildman–Crippen LogP) is 3.09. The van der Waals surface area contributed by atoms with E-state index in [1.54, 1.807) is 0 Å². The van der Waals surface area contributed by atoms with Crippen molar-refractivity contribution >= 4 is 11.8 Å². The van der Waals surface area contributed by atoms with Crippen molar-refractivity contribution in [3.05, 3.63) is 23.8 Å². The molecule has 4 heteroatoms. The first-order valence-electron chi connectivity index (χ1n) is 6.59. The topological polar surface area (TPSA) is 44.5 Å². The number of fused-ring (bicyclic) bond motifs is 1. The first kappa shape index (κ1) is 12.2. The Labute approximate surface area is 112 Å². The van der Waals surface area contributed by atoms with E-state index in [9.17, 15) is 0 Å². The maximum atomic E-state index is 6.25. The van der Waals surface area contributed by atoms with Crippen molar-refractivity contribution < 1.29 is 9.47 Å². The number of rotatable bonds is 4. The van der Waals surface area contributed by atoms with E-state index in [1.165, 1.54) is 25.7 Å². The fourth-order valence-corrected chi connectivity index (χ4v) is 3.87. The van der Waals surface area contributed by atoms with Gasteiger partial charge in [-0.2, -0.15) is 11.8 Å². The van der Waals surface area contributed by atoms with Gasteiger partial charge in [0.25, 0.3) is 0 Å². The molecule has 1 unspecified atom stereocenters. The minimum atomic E-state index is 0.0881. The van der Waals surface area contributed by atoms with Gasteiger partial charge in [-0.05, 0) is 30.5 Å². The van der Waals surface area contributed by atoms with Gasteiger partial charge in [-0.3, -0.25) is 0 Å². The average molecular weight is 265 g/mol. The molecule has 3 rings (SSSR count). The first-order chi connectivity index (χ1) is 8.83. The minimum Gasteiger partial charge on any atom is -0.454 e. The van der Waals surface area contributed by atoms with Gasteiger partial charge >= 0.3 is 0 Å². The lowest BCUT2D eigenvalue weighted by Crippen LogP contribution is -2.14. The van der Waals surface area contributed by atoms with Crippen LogP contribution in [0.4, 0.5) is 0 Å². The summed E-state index contributed by atoms with van der Waals surface area (Å²) in [6.45, 7) is 0.324. The van der Waals surface area contributed by atoms with E-state index in [1.807, 2.05) is 30.0 Å². The Kier molecular flexibility index (Phi) is 3.66. The van der Waals surface area contributed by atoms with Crippen LogP contribution in [0.25, 0.3) is 0 Å². The van der Waals surface area contributed by atoms with Crippen LogP contribution in [0.3, 0.4) is 0 Å². The van der Waals surface area contributed by atoms with Gasteiger partial charge in [0.2, 0.25) is 6.79 Å². The highest BCUT2D eigenvalue weighted by Crippen LogP contribution is 2.36. The Morgan fingerprint density at radius 2 is 2.00 bits per heavy atom. The van der Waals surface area contributed by atoms with Crippen LogP contribution >= 0.6 is 11.8 Å². The largest absolute Gasteiger partial charge is 0.454 e. The summed E-state index contributed by atoms with van der Waals surface area (Å²) >= 11 is 2.02. The number of hydrogen-bond acceptors (Lipinski definition) is 4. The van der Waals surface area contributed by atoms with Crippen LogP contribution in [0.15, 0.2) is 18.2 Å². The highest BCUT2D eigenvalue weighted by atomic mass is 32.2. The molecule has 1 saturated carbocycles. The van der Waals surface area contributed by atoms with E-state index in [0.717, 1.165) is 28.1 Å². The smallest absolute Gasteiger partial charge is 0.231 e. The van der Waals surface area contributed by atoms with Crippen LogP contribution in [0.5, 0.6) is 11.5 Å². The highest BCUT2D eigenvalue weighted by molar-refractivity contribution is 7.99. The summed E-state index contributed by atoms with van der Waals surface area (Å²) in [5.74, 6) is 2.65. The van der Waals surface area contributed by atoms with Crippen molar-refractivity contribution in [1.82, 2.24) is 0 Å². The van der Waals surface area contributed by atoms with Crippen molar-refractivity contribution in [2.24, 2.45) is 5.73 Å². The van der Waals surface area contributed by atoms with Crippen LogP contribution in [-0.2, 0) is 0 Å². The second kappa shape index (κ2) is 5.41. The number of ether oxygens (including phenoxy) is 2. The number of thioether (sulfide) groups is 1. The molecule has 1 atom stereocenters. The van der Waals surface area contributed by atoms with E-state index in [4.69, 9.17) is 15.2 Å². The normalized spacial score (nSPS) is 20.3. The lowest BCUT2D eigenvalue weighted by Gasteiger charge is -2.15. The molecule has 1 fully saturated rings. The molecule has 0 spiro atoms. The SMILES string of the molecule is NC(CSC1CCCC1)c1ccc2c(c1)OCO2. The van der Waals surface area contributed by atoms with Crippen LogP contribution in [0.2, 0.25) is 0 Å². The van der Waals surface area contributed by atoms with Crippen molar-refractivity contribution in [3.63, 3.8) is 0 Å². The van der Waals surface area contributed by atoms with E-state index < -0.39 is 0 Å². The zero-order valence-electron chi connectivity index (χ0n) is 10.4. The van der Waals surface area contributed by atoms with Crippen molar-refractivity contribution in [3.8, 4) is 11.5 Å². The van der Waals surface area contributed by atoms with Gasteiger partial charge in [-0.15, -0.1) is 0 Å². The molecule has 3 nitrogen and oxygen atoms in total. The van der Waals surface area contributed by atoms with E-state index in [2.05, 4.69) is 0 Å². The van der Waals surface area contributed by atoms with Gasteiger partial charge in [0.05, 0.1) is 0 Å². The summed E-state index contributed by atoms with van der Waals surface area (Å²) in [4.78, 5) is 0. The third-order valence-electron chi connectivity index (χ3n) is 3.64. The maximum absolute atomic E-state index is 6.25. The zero-order chi connectivity index (χ0) is 12.4. The number of hydrogen-bond donors (Lipinski definition) is 1. The Balaban J connectivity index is 1.59. The summed E-state index contributed by atoms with van der Waals surface area (Å²) in [6, 6.07) is 6.11. The molecule has 0 amide bonds. The van der Waals surface area contributed by atoms with Crippen LogP contribution < -0.4 is 15.2 Å². The molecule has 1 aromatic rings. The lowest BCUT2D eigenvalue weighted by atomic mass is 10.1. The molecule has 2 N–H and O–H groups in total. The molecule has 1 aliphatic carbocycles. The summed E-state index contributed by atoms with van der Waals surface area (Å²) < 4.78 is 10.7. The van der Waals surface area contributed by atoms with Crippen LogP contribution in [0, 0.1) is 0 Å². The molecule has 0 aromatic heterocycles. The Bertz CT molecular complexity index is 418. The van der Waals surface area contributed by atoms with E-state index in [-0.39, 0.29) is 6.04 Å². The molecule has 1 aliphatic heterocycles. The molecule has 1 heterocycles. The minimum absolute atomic E-state index is 0.0881. The third-order valence-corrected chi connectivity index (χ3v) is 5.13. The molecular weight excluding hydrogens is 246 g/mol. The first-order valence-corrected chi connectivity index (χ1v) is 7.64.